The van der Waals surface area contributed by atoms with Crippen LogP contribution in [0.4, 0.5) is 0 Å². The molecule has 1 saturated carbocycles. The van der Waals surface area contributed by atoms with E-state index in [1.54, 1.807) is 7.11 Å². The van der Waals surface area contributed by atoms with E-state index >= 15 is 0 Å². The summed E-state index contributed by atoms with van der Waals surface area (Å²) in [6, 6.07) is 1.96. The Hall–Kier alpha value is -1.07. The van der Waals surface area contributed by atoms with E-state index in [1.165, 1.54) is 11.1 Å². The van der Waals surface area contributed by atoms with Crippen molar-refractivity contribution in [2.45, 2.75) is 44.2 Å². The molecule has 118 valence electrons. The van der Waals surface area contributed by atoms with Gasteiger partial charge in [0, 0.05) is 28.4 Å². The third kappa shape index (κ3) is 1.64. The number of carbonyl (C=O) groups is 1. The highest BCUT2D eigenvalue weighted by atomic mass is 79.9. The first-order valence-corrected chi connectivity index (χ1v) is 8.72. The number of Topliss-reactive ketones (excluding diaryl/α,β-unsaturated/α-hetero) is 1. The Kier molecular flexibility index (Phi) is 3.28. The minimum atomic E-state index is -0.354. The smallest absolute Gasteiger partial charge is 0.174 e. The predicted octanol–water partition coefficient (Wildman–Crippen LogP) is 2.95. The second-order valence-corrected chi connectivity index (χ2v) is 7.32. The summed E-state index contributed by atoms with van der Waals surface area (Å²) in [5.41, 5.74) is 2.22. The van der Waals surface area contributed by atoms with E-state index in [2.05, 4.69) is 28.2 Å². The second-order valence-electron chi connectivity index (χ2n) is 6.47. The fraction of sp³-hybridized carbons (Fsp3) is 0.588. The first-order valence-electron chi connectivity index (χ1n) is 7.93. The zero-order chi connectivity index (χ0) is 15.5. The summed E-state index contributed by atoms with van der Waals surface area (Å²) in [5, 5.41) is 3.56. The van der Waals surface area contributed by atoms with E-state index in [1.807, 2.05) is 6.07 Å². The average molecular weight is 366 g/mol. The second kappa shape index (κ2) is 4.96. The van der Waals surface area contributed by atoms with Gasteiger partial charge in [-0.3, -0.25) is 4.79 Å². The number of halogens is 1. The molecule has 2 aliphatic heterocycles. The van der Waals surface area contributed by atoms with Gasteiger partial charge in [-0.1, -0.05) is 22.9 Å². The number of hydrogen-bond acceptors (Lipinski definition) is 4. The van der Waals surface area contributed by atoms with Gasteiger partial charge in [-0.05, 0) is 36.9 Å². The molecule has 1 fully saturated rings. The van der Waals surface area contributed by atoms with Crippen LogP contribution in [0, 0.1) is 5.92 Å². The molecule has 2 unspecified atom stereocenters. The van der Waals surface area contributed by atoms with Crippen molar-refractivity contribution in [3.63, 3.8) is 0 Å². The van der Waals surface area contributed by atoms with Crippen LogP contribution < -0.4 is 14.8 Å². The van der Waals surface area contributed by atoms with Gasteiger partial charge in [-0.15, -0.1) is 0 Å². The lowest BCUT2D eigenvalue weighted by atomic mass is 9.59. The minimum Gasteiger partial charge on any atom is -0.493 e. The van der Waals surface area contributed by atoms with Crippen molar-refractivity contribution in [2.75, 3.05) is 13.7 Å². The molecule has 0 bridgehead atoms. The monoisotopic (exact) mass is 365 g/mol. The number of rotatable bonds is 2. The molecule has 0 saturated heterocycles. The molecule has 4 nitrogen and oxygen atoms in total. The van der Waals surface area contributed by atoms with E-state index in [4.69, 9.17) is 9.47 Å². The Labute approximate surface area is 138 Å². The summed E-state index contributed by atoms with van der Waals surface area (Å²) in [6.07, 6.45) is 2.11. The maximum absolute atomic E-state index is 12.6. The normalized spacial score (nSPS) is 32.2. The first kappa shape index (κ1) is 14.5. The summed E-state index contributed by atoms with van der Waals surface area (Å²) in [6.45, 7) is 3.92. The maximum atomic E-state index is 12.6. The molecule has 1 aromatic rings. The SMILES string of the molecule is CC[C@@]12c3c4c(Br)cc(OC)c3OC1C(=O)CCC2CNC4. The van der Waals surface area contributed by atoms with E-state index in [-0.39, 0.29) is 17.3 Å². The third-order valence-electron chi connectivity index (χ3n) is 5.73. The number of carbonyl (C=O) groups excluding carboxylic acids is 1. The van der Waals surface area contributed by atoms with Crippen molar-refractivity contribution >= 4 is 21.7 Å². The highest BCUT2D eigenvalue weighted by molar-refractivity contribution is 9.10. The van der Waals surface area contributed by atoms with Gasteiger partial charge in [0.1, 0.15) is 0 Å². The Balaban J connectivity index is 2.05. The lowest BCUT2D eigenvalue weighted by Gasteiger charge is -2.43. The van der Waals surface area contributed by atoms with Crippen LogP contribution >= 0.6 is 15.9 Å². The fourth-order valence-electron chi connectivity index (χ4n) is 4.72. The molecule has 1 aromatic carbocycles. The van der Waals surface area contributed by atoms with Gasteiger partial charge in [0.05, 0.1) is 7.11 Å². The maximum Gasteiger partial charge on any atom is 0.174 e. The van der Waals surface area contributed by atoms with Crippen LogP contribution in [0.5, 0.6) is 11.5 Å². The lowest BCUT2D eigenvalue weighted by molar-refractivity contribution is -0.132. The molecule has 0 radical (unpaired) electrons. The number of hydrogen-bond donors (Lipinski definition) is 1. The number of benzene rings is 1. The quantitative estimate of drug-likeness (QED) is 0.875. The Morgan fingerprint density at radius 3 is 3.09 bits per heavy atom. The Morgan fingerprint density at radius 2 is 2.36 bits per heavy atom. The summed E-state index contributed by atoms with van der Waals surface area (Å²) in [4.78, 5) is 12.6. The molecule has 5 heteroatoms. The molecule has 1 aliphatic carbocycles. The third-order valence-corrected chi connectivity index (χ3v) is 6.43. The van der Waals surface area contributed by atoms with Gasteiger partial charge in [-0.25, -0.2) is 0 Å². The topological polar surface area (TPSA) is 47.6 Å². The van der Waals surface area contributed by atoms with Crippen LogP contribution in [-0.4, -0.2) is 25.5 Å². The van der Waals surface area contributed by atoms with Crippen LogP contribution in [0.1, 0.15) is 37.3 Å². The summed E-state index contributed by atoms with van der Waals surface area (Å²) >= 11 is 3.69. The minimum absolute atomic E-state index is 0.208. The lowest BCUT2D eigenvalue weighted by Crippen LogP contribution is -2.53. The standard InChI is InChI=1S/C17H20BrNO3/c1-3-17-9-4-5-12(20)16(17)22-15-13(21-2)6-11(18)10(14(15)17)8-19-7-9/h6,9,16,19H,3-5,7-8H2,1-2H3/t9?,16?,17-/m1/s1. The van der Waals surface area contributed by atoms with Crippen LogP contribution in [-0.2, 0) is 16.8 Å². The van der Waals surface area contributed by atoms with Crippen LogP contribution in [0.2, 0.25) is 0 Å². The molecular weight excluding hydrogens is 346 g/mol. The van der Waals surface area contributed by atoms with Crippen molar-refractivity contribution in [1.82, 2.24) is 5.32 Å². The van der Waals surface area contributed by atoms with Crippen LogP contribution in [0.25, 0.3) is 0 Å². The highest BCUT2D eigenvalue weighted by Crippen LogP contribution is 2.59. The van der Waals surface area contributed by atoms with Gasteiger partial charge < -0.3 is 14.8 Å². The zero-order valence-corrected chi connectivity index (χ0v) is 14.5. The first-order chi connectivity index (χ1) is 10.6. The van der Waals surface area contributed by atoms with E-state index in [0.717, 1.165) is 41.9 Å². The summed E-state index contributed by atoms with van der Waals surface area (Å²) < 4.78 is 12.8. The van der Waals surface area contributed by atoms with Crippen molar-refractivity contribution in [3.8, 4) is 11.5 Å². The van der Waals surface area contributed by atoms with Crippen molar-refractivity contribution in [1.29, 1.82) is 0 Å². The molecular formula is C17H20BrNO3. The summed E-state index contributed by atoms with van der Waals surface area (Å²) in [7, 11) is 1.66. The number of nitrogens with one attached hydrogen (secondary N) is 1. The molecule has 22 heavy (non-hydrogen) atoms. The number of ketones is 1. The van der Waals surface area contributed by atoms with Crippen molar-refractivity contribution in [2.24, 2.45) is 5.92 Å². The number of ether oxygens (including phenoxy) is 2. The van der Waals surface area contributed by atoms with E-state index in [9.17, 15) is 4.79 Å². The van der Waals surface area contributed by atoms with Gasteiger partial charge in [0.2, 0.25) is 0 Å². The van der Waals surface area contributed by atoms with Crippen molar-refractivity contribution < 1.29 is 14.3 Å². The van der Waals surface area contributed by atoms with Gasteiger partial charge in [0.15, 0.2) is 23.4 Å². The average Bonchev–Trinajstić information content (AvgIpc) is 2.78. The molecule has 2 heterocycles. The van der Waals surface area contributed by atoms with Crippen LogP contribution in [0.15, 0.2) is 10.5 Å². The van der Waals surface area contributed by atoms with Crippen molar-refractivity contribution in [3.05, 3.63) is 21.7 Å². The van der Waals surface area contributed by atoms with Crippen LogP contribution in [0.3, 0.4) is 0 Å². The molecule has 0 aromatic heterocycles. The summed E-state index contributed by atoms with van der Waals surface area (Å²) in [5.74, 6) is 2.18. The molecule has 3 atom stereocenters. The number of methoxy groups -OCH3 is 1. The Morgan fingerprint density at radius 1 is 1.55 bits per heavy atom. The van der Waals surface area contributed by atoms with Gasteiger partial charge >= 0.3 is 0 Å². The predicted molar refractivity (Wildman–Crippen MR) is 86.5 cm³/mol. The molecule has 0 spiro atoms. The Bertz CT molecular complexity index is 660. The molecule has 3 aliphatic rings. The molecule has 1 N–H and O–H groups in total. The molecule has 4 rings (SSSR count). The fourth-order valence-corrected chi connectivity index (χ4v) is 5.26. The van der Waals surface area contributed by atoms with Gasteiger partial charge in [0.25, 0.3) is 0 Å². The molecule has 0 amide bonds. The highest BCUT2D eigenvalue weighted by Gasteiger charge is 2.60. The largest absolute Gasteiger partial charge is 0.493 e. The van der Waals surface area contributed by atoms with E-state index < -0.39 is 0 Å². The van der Waals surface area contributed by atoms with Gasteiger partial charge in [-0.2, -0.15) is 0 Å². The zero-order valence-electron chi connectivity index (χ0n) is 12.9. The van der Waals surface area contributed by atoms with E-state index in [0.29, 0.717) is 12.3 Å².